The van der Waals surface area contributed by atoms with Crippen molar-refractivity contribution in [3.63, 3.8) is 0 Å². The van der Waals surface area contributed by atoms with Gasteiger partial charge in [0.1, 0.15) is 0 Å². The fourth-order valence-electron chi connectivity index (χ4n) is 1.69. The normalized spacial score (nSPS) is 10.8. The highest BCUT2D eigenvalue weighted by Crippen LogP contribution is 2.26. The number of rotatable bonds is 3. The molecule has 0 radical (unpaired) electrons. The molecule has 0 fully saturated rings. The zero-order valence-electron chi connectivity index (χ0n) is 10.7. The molecule has 0 N–H and O–H groups in total. The topological polar surface area (TPSA) is 67.9 Å². The van der Waals surface area contributed by atoms with Crippen molar-refractivity contribution in [2.75, 3.05) is 0 Å². The molecule has 2 aromatic carbocycles. The zero-order valence-corrected chi connectivity index (χ0v) is 10.7. The molecule has 0 aromatic heterocycles. The standard InChI is InChI=1S/C14H13N3O2/c1-10-5-3-4-6-13(10)16-15-12-7-8-14(17(18)19)11(2)9-12/h3-9H,1-2H3. The number of hydrogen-bond donors (Lipinski definition) is 0. The second kappa shape index (κ2) is 5.39. The van der Waals surface area contributed by atoms with E-state index in [0.717, 1.165) is 11.3 Å². The zero-order chi connectivity index (χ0) is 13.8. The quantitative estimate of drug-likeness (QED) is 0.456. The van der Waals surface area contributed by atoms with E-state index >= 15 is 0 Å². The predicted octanol–water partition coefficient (Wildman–Crippen LogP) is 4.63. The number of nitro benzene ring substituents is 1. The number of hydrogen-bond acceptors (Lipinski definition) is 4. The van der Waals surface area contributed by atoms with Crippen molar-refractivity contribution in [3.8, 4) is 0 Å². The van der Waals surface area contributed by atoms with E-state index in [-0.39, 0.29) is 5.69 Å². The fraction of sp³-hybridized carbons (Fsp3) is 0.143. The maximum Gasteiger partial charge on any atom is 0.272 e. The van der Waals surface area contributed by atoms with Gasteiger partial charge in [-0.2, -0.15) is 10.2 Å². The van der Waals surface area contributed by atoms with Crippen molar-refractivity contribution in [3.05, 3.63) is 63.7 Å². The smallest absolute Gasteiger partial charge is 0.258 e. The summed E-state index contributed by atoms with van der Waals surface area (Å²) in [5, 5.41) is 19.0. The van der Waals surface area contributed by atoms with Crippen molar-refractivity contribution in [1.82, 2.24) is 0 Å². The molecule has 0 aliphatic heterocycles. The van der Waals surface area contributed by atoms with E-state index in [2.05, 4.69) is 10.2 Å². The van der Waals surface area contributed by atoms with Gasteiger partial charge in [0.05, 0.1) is 16.3 Å². The van der Waals surface area contributed by atoms with Crippen LogP contribution in [0.15, 0.2) is 52.7 Å². The highest BCUT2D eigenvalue weighted by atomic mass is 16.6. The molecular weight excluding hydrogens is 242 g/mol. The van der Waals surface area contributed by atoms with Crippen molar-refractivity contribution in [2.24, 2.45) is 10.2 Å². The fourth-order valence-corrected chi connectivity index (χ4v) is 1.69. The van der Waals surface area contributed by atoms with Crippen LogP contribution >= 0.6 is 0 Å². The molecule has 19 heavy (non-hydrogen) atoms. The lowest BCUT2D eigenvalue weighted by atomic mass is 10.2. The largest absolute Gasteiger partial charge is 0.272 e. The maximum atomic E-state index is 10.7. The Morgan fingerprint density at radius 1 is 1.00 bits per heavy atom. The summed E-state index contributed by atoms with van der Waals surface area (Å²) in [6.45, 7) is 3.64. The second-order valence-electron chi connectivity index (χ2n) is 4.21. The Labute approximate surface area is 110 Å². The van der Waals surface area contributed by atoms with Crippen LogP contribution in [0.25, 0.3) is 0 Å². The first kappa shape index (κ1) is 12.9. The van der Waals surface area contributed by atoms with Gasteiger partial charge in [0, 0.05) is 11.6 Å². The van der Waals surface area contributed by atoms with Gasteiger partial charge >= 0.3 is 0 Å². The lowest BCUT2D eigenvalue weighted by molar-refractivity contribution is -0.385. The third-order valence-electron chi connectivity index (χ3n) is 2.77. The van der Waals surface area contributed by atoms with Gasteiger partial charge in [-0.3, -0.25) is 10.1 Å². The molecule has 0 bridgehead atoms. The average molecular weight is 255 g/mol. The van der Waals surface area contributed by atoms with Crippen LogP contribution in [0.4, 0.5) is 17.1 Å². The monoisotopic (exact) mass is 255 g/mol. The molecule has 0 saturated heterocycles. The highest BCUT2D eigenvalue weighted by Gasteiger charge is 2.09. The van der Waals surface area contributed by atoms with Crippen LogP contribution in [0.1, 0.15) is 11.1 Å². The van der Waals surface area contributed by atoms with E-state index < -0.39 is 4.92 Å². The average Bonchev–Trinajstić information content (AvgIpc) is 2.37. The van der Waals surface area contributed by atoms with Crippen LogP contribution < -0.4 is 0 Å². The maximum absolute atomic E-state index is 10.7. The van der Waals surface area contributed by atoms with Crippen LogP contribution in [0.5, 0.6) is 0 Å². The molecule has 2 rings (SSSR count). The van der Waals surface area contributed by atoms with Crippen molar-refractivity contribution < 1.29 is 4.92 Å². The lowest BCUT2D eigenvalue weighted by Crippen LogP contribution is -1.90. The molecule has 0 spiro atoms. The Bertz CT molecular complexity index is 651. The lowest BCUT2D eigenvalue weighted by Gasteiger charge is -1.99. The number of aryl methyl sites for hydroxylation is 2. The summed E-state index contributed by atoms with van der Waals surface area (Å²) >= 11 is 0. The Balaban J connectivity index is 2.27. The third-order valence-corrected chi connectivity index (χ3v) is 2.77. The van der Waals surface area contributed by atoms with E-state index in [1.807, 2.05) is 31.2 Å². The van der Waals surface area contributed by atoms with Gasteiger partial charge in [-0.25, -0.2) is 0 Å². The summed E-state index contributed by atoms with van der Waals surface area (Å²) in [6, 6.07) is 12.3. The van der Waals surface area contributed by atoms with E-state index in [1.54, 1.807) is 19.1 Å². The van der Waals surface area contributed by atoms with Gasteiger partial charge < -0.3 is 0 Å². The summed E-state index contributed by atoms with van der Waals surface area (Å²) in [6.07, 6.45) is 0. The highest BCUT2D eigenvalue weighted by molar-refractivity contribution is 5.51. The van der Waals surface area contributed by atoms with Crippen LogP contribution in [0.3, 0.4) is 0 Å². The number of benzene rings is 2. The molecule has 0 unspecified atom stereocenters. The van der Waals surface area contributed by atoms with Crippen molar-refractivity contribution in [1.29, 1.82) is 0 Å². The molecule has 0 heterocycles. The van der Waals surface area contributed by atoms with Gasteiger partial charge in [-0.05, 0) is 37.6 Å². The third kappa shape index (κ3) is 3.01. The molecular formula is C14H13N3O2. The van der Waals surface area contributed by atoms with E-state index in [0.29, 0.717) is 11.3 Å². The number of azo groups is 1. The number of nitro groups is 1. The van der Waals surface area contributed by atoms with E-state index in [4.69, 9.17) is 0 Å². The Hall–Kier alpha value is -2.56. The van der Waals surface area contributed by atoms with Crippen molar-refractivity contribution >= 4 is 17.1 Å². The first-order valence-corrected chi connectivity index (χ1v) is 5.80. The predicted molar refractivity (Wildman–Crippen MR) is 73.2 cm³/mol. The van der Waals surface area contributed by atoms with Crippen LogP contribution in [-0.4, -0.2) is 4.92 Å². The van der Waals surface area contributed by atoms with Crippen LogP contribution in [0, 0.1) is 24.0 Å². The van der Waals surface area contributed by atoms with Gasteiger partial charge in [0.25, 0.3) is 5.69 Å². The summed E-state index contributed by atoms with van der Waals surface area (Å²) in [5.74, 6) is 0. The van der Waals surface area contributed by atoms with Gasteiger partial charge in [0.2, 0.25) is 0 Å². The molecule has 96 valence electrons. The van der Waals surface area contributed by atoms with Gasteiger partial charge in [-0.15, -0.1) is 0 Å². The van der Waals surface area contributed by atoms with E-state index in [9.17, 15) is 10.1 Å². The minimum absolute atomic E-state index is 0.0924. The molecule has 0 aliphatic rings. The Morgan fingerprint density at radius 3 is 2.37 bits per heavy atom. The summed E-state index contributed by atoms with van der Waals surface area (Å²) in [4.78, 5) is 10.3. The SMILES string of the molecule is Cc1ccccc1N=Nc1ccc([N+](=O)[O-])c(C)c1. The molecule has 5 nitrogen and oxygen atoms in total. The summed E-state index contributed by atoms with van der Waals surface area (Å²) in [5.41, 5.74) is 3.09. The summed E-state index contributed by atoms with van der Waals surface area (Å²) < 4.78 is 0. The van der Waals surface area contributed by atoms with Crippen LogP contribution in [0.2, 0.25) is 0 Å². The van der Waals surface area contributed by atoms with Crippen LogP contribution in [-0.2, 0) is 0 Å². The van der Waals surface area contributed by atoms with Gasteiger partial charge in [0.15, 0.2) is 0 Å². The molecule has 0 amide bonds. The van der Waals surface area contributed by atoms with Gasteiger partial charge in [-0.1, -0.05) is 18.2 Å². The molecule has 5 heteroatoms. The number of nitrogens with zero attached hydrogens (tertiary/aromatic N) is 3. The first-order chi connectivity index (χ1) is 9.08. The Kier molecular flexibility index (Phi) is 3.66. The molecule has 0 atom stereocenters. The first-order valence-electron chi connectivity index (χ1n) is 5.80. The minimum Gasteiger partial charge on any atom is -0.258 e. The van der Waals surface area contributed by atoms with Crippen molar-refractivity contribution in [2.45, 2.75) is 13.8 Å². The Morgan fingerprint density at radius 2 is 1.74 bits per heavy atom. The van der Waals surface area contributed by atoms with E-state index in [1.165, 1.54) is 6.07 Å². The molecule has 0 saturated carbocycles. The summed E-state index contributed by atoms with van der Waals surface area (Å²) in [7, 11) is 0. The molecule has 0 aliphatic carbocycles. The second-order valence-corrected chi connectivity index (χ2v) is 4.21. The molecule has 2 aromatic rings. The minimum atomic E-state index is -0.405.